The summed E-state index contributed by atoms with van der Waals surface area (Å²) < 4.78 is 34.4. The Hall–Kier alpha value is -2.03. The third kappa shape index (κ3) is 51.2. The second-order valence-electron chi connectivity index (χ2n) is 19.3. The highest BCUT2D eigenvalue weighted by molar-refractivity contribution is 7.47. The maximum absolute atomic E-state index is 12.8. The molecule has 0 radical (unpaired) electrons. The minimum Gasteiger partial charge on any atom is -0.462 e. The van der Waals surface area contributed by atoms with E-state index in [9.17, 15) is 19.0 Å². The minimum absolute atomic E-state index is 0.0236. The van der Waals surface area contributed by atoms with Crippen molar-refractivity contribution in [2.24, 2.45) is 0 Å². The predicted octanol–water partition coefficient (Wildman–Crippen LogP) is 16.2. The van der Waals surface area contributed by atoms with Crippen molar-refractivity contribution < 1.29 is 42.1 Å². The number of esters is 2. The number of phosphoric ester groups is 1. The van der Waals surface area contributed by atoms with Gasteiger partial charge in [0.1, 0.15) is 19.8 Å². The number of hydrogen-bond donors (Lipinski definition) is 1. The fourth-order valence-corrected chi connectivity index (χ4v) is 8.16. The molecule has 0 spiro atoms. The van der Waals surface area contributed by atoms with E-state index in [0.717, 1.165) is 38.5 Å². The summed E-state index contributed by atoms with van der Waals surface area (Å²) in [5.41, 5.74) is 0. The van der Waals surface area contributed by atoms with E-state index in [0.29, 0.717) is 23.9 Å². The minimum atomic E-state index is -4.39. The standard InChI is InChI=1S/C55H102NO8P/c1-6-8-10-12-14-16-18-20-22-24-26-28-30-31-33-35-37-39-41-43-45-47-54(57)61-51-53(52-63-65(59,60)62-50-49-56(3,4)5)64-55(58)48-46-44-42-40-38-36-34-32-29-27-25-23-21-19-17-15-13-11-9-7-2/h22,24,28,30,33,35,39,41,53H,6-21,23,25-27,29,31-32,34,36-38,40,42-52H2,1-5H3/p+1/b24-22+,30-28+,35-33+,41-39+/t53-/m1/s1. The van der Waals surface area contributed by atoms with Crippen LogP contribution < -0.4 is 0 Å². The van der Waals surface area contributed by atoms with Crippen LogP contribution in [0.2, 0.25) is 0 Å². The van der Waals surface area contributed by atoms with Gasteiger partial charge in [0.25, 0.3) is 0 Å². The number of likely N-dealkylation sites (N-methyl/N-ethyl adjacent to an activating group) is 1. The molecule has 1 unspecified atom stereocenters. The van der Waals surface area contributed by atoms with Gasteiger partial charge in [-0.3, -0.25) is 18.6 Å². The van der Waals surface area contributed by atoms with Gasteiger partial charge in [0.15, 0.2) is 6.10 Å². The Bertz CT molecular complexity index is 1240. The first kappa shape index (κ1) is 63.0. The zero-order valence-corrected chi connectivity index (χ0v) is 43.9. The third-order valence-electron chi connectivity index (χ3n) is 11.6. The fourth-order valence-electron chi connectivity index (χ4n) is 7.42. The molecule has 0 amide bonds. The maximum Gasteiger partial charge on any atom is 0.472 e. The molecule has 0 aromatic carbocycles. The highest BCUT2D eigenvalue weighted by atomic mass is 31.2. The predicted molar refractivity (Wildman–Crippen MR) is 275 cm³/mol. The maximum atomic E-state index is 12.8. The third-order valence-corrected chi connectivity index (χ3v) is 12.6. The summed E-state index contributed by atoms with van der Waals surface area (Å²) in [5.74, 6) is -0.855. The van der Waals surface area contributed by atoms with Gasteiger partial charge in [0, 0.05) is 12.8 Å². The fraction of sp³-hybridized carbons (Fsp3) is 0.818. The summed E-state index contributed by atoms with van der Waals surface area (Å²) in [6.45, 7) is 4.39. The van der Waals surface area contributed by atoms with Gasteiger partial charge in [-0.15, -0.1) is 0 Å². The molecule has 0 aliphatic rings. The van der Waals surface area contributed by atoms with Gasteiger partial charge >= 0.3 is 19.8 Å². The molecule has 1 N–H and O–H groups in total. The zero-order chi connectivity index (χ0) is 47.8. The summed E-state index contributed by atoms with van der Waals surface area (Å²) in [6, 6.07) is 0. The van der Waals surface area contributed by atoms with Crippen LogP contribution in [-0.4, -0.2) is 74.9 Å². The molecule has 380 valence electrons. The molecule has 0 heterocycles. The molecule has 9 nitrogen and oxygen atoms in total. The molecule has 0 rings (SSSR count). The number of ether oxygens (including phenoxy) is 2. The second kappa shape index (κ2) is 47.1. The Kier molecular flexibility index (Phi) is 45.6. The van der Waals surface area contributed by atoms with Crippen LogP contribution >= 0.6 is 7.82 Å². The van der Waals surface area contributed by atoms with Crippen LogP contribution in [0.1, 0.15) is 239 Å². The van der Waals surface area contributed by atoms with E-state index in [1.807, 2.05) is 21.1 Å². The lowest BCUT2D eigenvalue weighted by Gasteiger charge is -2.24. The molecular weight excluding hydrogens is 834 g/mol. The molecule has 10 heteroatoms. The molecule has 0 bridgehead atoms. The molecular formula is C55H103NO8P+. The summed E-state index contributed by atoms with van der Waals surface area (Å²) >= 11 is 0. The van der Waals surface area contributed by atoms with E-state index in [-0.39, 0.29) is 26.1 Å². The van der Waals surface area contributed by atoms with Gasteiger partial charge in [0.2, 0.25) is 0 Å². The van der Waals surface area contributed by atoms with Gasteiger partial charge in [-0.25, -0.2) is 4.57 Å². The number of phosphoric acid groups is 1. The summed E-state index contributed by atoms with van der Waals surface area (Å²) in [7, 11) is 1.45. The molecule has 0 aliphatic heterocycles. The smallest absolute Gasteiger partial charge is 0.462 e. The van der Waals surface area contributed by atoms with E-state index in [4.69, 9.17) is 18.5 Å². The van der Waals surface area contributed by atoms with Crippen LogP contribution in [0.15, 0.2) is 48.6 Å². The quantitative estimate of drug-likeness (QED) is 0.0211. The van der Waals surface area contributed by atoms with Crippen molar-refractivity contribution in [2.75, 3.05) is 47.5 Å². The number of quaternary nitrogens is 1. The summed E-state index contributed by atoms with van der Waals surface area (Å²) in [5, 5.41) is 0. The lowest BCUT2D eigenvalue weighted by atomic mass is 10.0. The number of hydrogen-bond acceptors (Lipinski definition) is 7. The summed E-state index contributed by atoms with van der Waals surface area (Å²) in [6.07, 6.45) is 57.5. The van der Waals surface area contributed by atoms with Crippen molar-refractivity contribution >= 4 is 19.8 Å². The molecule has 0 saturated carbocycles. The Morgan fingerprint density at radius 2 is 0.846 bits per heavy atom. The number of carbonyl (C=O) groups excluding carboxylic acids is 2. The van der Waals surface area contributed by atoms with Crippen LogP contribution in [0.4, 0.5) is 0 Å². The second-order valence-corrected chi connectivity index (χ2v) is 20.7. The highest BCUT2D eigenvalue weighted by Gasteiger charge is 2.27. The Labute approximate surface area is 401 Å². The van der Waals surface area contributed by atoms with Crippen molar-refractivity contribution in [2.45, 2.75) is 245 Å². The van der Waals surface area contributed by atoms with E-state index in [1.165, 1.54) is 161 Å². The first-order valence-corrected chi connectivity index (χ1v) is 28.4. The first-order chi connectivity index (χ1) is 31.5. The molecule has 2 atom stereocenters. The Morgan fingerprint density at radius 1 is 0.477 bits per heavy atom. The van der Waals surface area contributed by atoms with Crippen LogP contribution in [0, 0.1) is 0 Å². The van der Waals surface area contributed by atoms with E-state index in [2.05, 4.69) is 62.5 Å². The van der Waals surface area contributed by atoms with Crippen LogP contribution in [-0.2, 0) is 32.7 Å². The van der Waals surface area contributed by atoms with Gasteiger partial charge < -0.3 is 18.9 Å². The zero-order valence-electron chi connectivity index (χ0n) is 43.0. The average Bonchev–Trinajstić information content (AvgIpc) is 3.26. The molecule has 0 aromatic heterocycles. The Balaban J connectivity index is 4.30. The number of nitrogens with zero attached hydrogens (tertiary/aromatic N) is 1. The van der Waals surface area contributed by atoms with Gasteiger partial charge in [-0.05, 0) is 51.4 Å². The number of allylic oxidation sites excluding steroid dienone is 8. The number of rotatable bonds is 49. The summed E-state index contributed by atoms with van der Waals surface area (Å²) in [4.78, 5) is 35.6. The van der Waals surface area contributed by atoms with E-state index >= 15 is 0 Å². The SMILES string of the molecule is CCCCCCCCC/C=C/C/C=C/C/C=C/C/C=C/CCCC(=O)OC[C@H](COP(=O)(O)OCC[N+](C)(C)C)OC(=O)CCCCCCCCCCCCCCCCCCCCCC. The topological polar surface area (TPSA) is 108 Å². The Morgan fingerprint density at radius 3 is 1.28 bits per heavy atom. The van der Waals surface area contributed by atoms with Crippen molar-refractivity contribution in [3.8, 4) is 0 Å². The van der Waals surface area contributed by atoms with Crippen LogP contribution in [0.25, 0.3) is 0 Å². The monoisotopic (exact) mass is 937 g/mol. The van der Waals surface area contributed by atoms with Crippen molar-refractivity contribution in [3.05, 3.63) is 48.6 Å². The molecule has 0 fully saturated rings. The number of carbonyl (C=O) groups is 2. The first-order valence-electron chi connectivity index (χ1n) is 26.9. The molecule has 0 aromatic rings. The van der Waals surface area contributed by atoms with E-state index < -0.39 is 32.5 Å². The van der Waals surface area contributed by atoms with Gasteiger partial charge in [-0.2, -0.15) is 0 Å². The van der Waals surface area contributed by atoms with Crippen molar-refractivity contribution in [1.82, 2.24) is 0 Å². The molecule has 0 aliphatic carbocycles. The van der Waals surface area contributed by atoms with Crippen LogP contribution in [0.3, 0.4) is 0 Å². The van der Waals surface area contributed by atoms with Gasteiger partial charge in [-0.1, -0.05) is 223 Å². The number of unbranched alkanes of at least 4 members (excludes halogenated alkanes) is 27. The highest BCUT2D eigenvalue weighted by Crippen LogP contribution is 2.43. The largest absolute Gasteiger partial charge is 0.472 e. The lowest BCUT2D eigenvalue weighted by molar-refractivity contribution is -0.870. The normalized spacial score (nSPS) is 13.8. The van der Waals surface area contributed by atoms with E-state index in [1.54, 1.807) is 0 Å². The van der Waals surface area contributed by atoms with Gasteiger partial charge in [0.05, 0.1) is 27.7 Å². The average molecular weight is 937 g/mol. The van der Waals surface area contributed by atoms with Crippen molar-refractivity contribution in [3.63, 3.8) is 0 Å². The lowest BCUT2D eigenvalue weighted by Crippen LogP contribution is -2.37. The van der Waals surface area contributed by atoms with Crippen molar-refractivity contribution in [1.29, 1.82) is 0 Å². The van der Waals surface area contributed by atoms with Crippen LogP contribution in [0.5, 0.6) is 0 Å². The molecule has 0 saturated heterocycles. The molecule has 65 heavy (non-hydrogen) atoms.